The van der Waals surface area contributed by atoms with Crippen molar-refractivity contribution in [2.75, 3.05) is 32.1 Å². The molecule has 1 aliphatic rings. The van der Waals surface area contributed by atoms with E-state index in [1.54, 1.807) is 24.3 Å². The first-order chi connectivity index (χ1) is 11.4. The van der Waals surface area contributed by atoms with Gasteiger partial charge < -0.3 is 9.84 Å². The summed E-state index contributed by atoms with van der Waals surface area (Å²) in [7, 11) is 0. The molecule has 0 radical (unpaired) electrons. The van der Waals surface area contributed by atoms with Gasteiger partial charge in [-0.05, 0) is 26.0 Å². The number of ketones is 1. The minimum atomic E-state index is -0.849. The van der Waals surface area contributed by atoms with Crippen LogP contribution < -0.4 is 0 Å². The highest BCUT2D eigenvalue weighted by molar-refractivity contribution is 8.00. The van der Waals surface area contributed by atoms with Crippen LogP contribution in [0.4, 0.5) is 0 Å². The van der Waals surface area contributed by atoms with Crippen molar-refractivity contribution in [3.63, 3.8) is 0 Å². The third-order valence-corrected chi connectivity index (χ3v) is 4.83. The number of ether oxygens (including phenoxy) is 1. The maximum Gasteiger partial charge on any atom is 0.313 e. The number of aliphatic carboxylic acids is 1. The molecule has 5 nitrogen and oxygen atoms in total. The normalized spacial score (nSPS) is 15.3. The lowest BCUT2D eigenvalue weighted by molar-refractivity contribution is -0.133. The second-order valence-electron chi connectivity index (χ2n) is 5.69. The molecule has 0 atom stereocenters. The molecule has 24 heavy (non-hydrogen) atoms. The Kier molecular flexibility index (Phi) is 8.45. The number of hydrogen-bond donors (Lipinski definition) is 1. The van der Waals surface area contributed by atoms with Crippen LogP contribution in [-0.4, -0.2) is 59.4 Å². The van der Waals surface area contributed by atoms with Gasteiger partial charge in [-0.15, -0.1) is 11.8 Å². The summed E-state index contributed by atoms with van der Waals surface area (Å²) in [5.74, 6) is -0.755. The van der Waals surface area contributed by atoms with Crippen LogP contribution in [0.3, 0.4) is 0 Å². The van der Waals surface area contributed by atoms with E-state index >= 15 is 0 Å². The van der Waals surface area contributed by atoms with Crippen molar-refractivity contribution in [3.05, 3.63) is 29.8 Å². The lowest BCUT2D eigenvalue weighted by atomic mass is 9.91. The van der Waals surface area contributed by atoms with Gasteiger partial charge in [0.25, 0.3) is 0 Å². The van der Waals surface area contributed by atoms with Crippen LogP contribution in [0, 0.1) is 0 Å². The first-order valence-electron chi connectivity index (χ1n) is 8.23. The van der Waals surface area contributed by atoms with Gasteiger partial charge in [-0.1, -0.05) is 26.0 Å². The second-order valence-corrected chi connectivity index (χ2v) is 6.74. The number of carbonyl (C=O) groups excluding carboxylic acids is 1. The third kappa shape index (κ3) is 5.61. The van der Waals surface area contributed by atoms with Gasteiger partial charge in [0.2, 0.25) is 0 Å². The largest absolute Gasteiger partial charge is 0.481 e. The van der Waals surface area contributed by atoms with Crippen molar-refractivity contribution in [1.82, 2.24) is 4.90 Å². The molecule has 0 aromatic heterocycles. The number of hydrogen-bond acceptors (Lipinski definition) is 5. The van der Waals surface area contributed by atoms with E-state index in [9.17, 15) is 9.59 Å². The van der Waals surface area contributed by atoms with E-state index in [-0.39, 0.29) is 11.5 Å². The Labute approximate surface area is 148 Å². The van der Waals surface area contributed by atoms with Gasteiger partial charge in [-0.3, -0.25) is 14.5 Å². The van der Waals surface area contributed by atoms with Crippen molar-refractivity contribution in [1.29, 1.82) is 0 Å². The Morgan fingerprint density at radius 3 is 2.21 bits per heavy atom. The molecule has 1 saturated heterocycles. The Morgan fingerprint density at radius 1 is 1.17 bits per heavy atom. The van der Waals surface area contributed by atoms with E-state index in [2.05, 4.69) is 4.90 Å². The average Bonchev–Trinajstić information content (AvgIpc) is 2.62. The lowest BCUT2D eigenvalue weighted by Crippen LogP contribution is -2.54. The van der Waals surface area contributed by atoms with Crippen LogP contribution in [-0.2, 0) is 9.53 Å². The van der Waals surface area contributed by atoms with E-state index in [0.717, 1.165) is 18.0 Å². The van der Waals surface area contributed by atoms with Gasteiger partial charge in [0.05, 0.1) is 24.5 Å². The van der Waals surface area contributed by atoms with E-state index in [1.807, 2.05) is 27.7 Å². The summed E-state index contributed by atoms with van der Waals surface area (Å²) < 4.78 is 5.34. The summed E-state index contributed by atoms with van der Waals surface area (Å²) in [6.07, 6.45) is 0. The van der Waals surface area contributed by atoms with Crippen LogP contribution in [0.15, 0.2) is 29.2 Å². The molecular weight excluding hydrogens is 326 g/mol. The first kappa shape index (κ1) is 20.7. The molecule has 0 bridgehead atoms. The molecule has 1 fully saturated rings. The maximum absolute atomic E-state index is 12.8. The van der Waals surface area contributed by atoms with E-state index < -0.39 is 11.5 Å². The highest BCUT2D eigenvalue weighted by Gasteiger charge is 2.35. The molecule has 1 heterocycles. The molecule has 0 amide bonds. The fourth-order valence-electron chi connectivity index (χ4n) is 2.47. The molecular formula is C18H27NO4S. The molecule has 0 unspecified atom stereocenters. The Balaban J connectivity index is 0.00000139. The van der Waals surface area contributed by atoms with Gasteiger partial charge in [-0.25, -0.2) is 0 Å². The van der Waals surface area contributed by atoms with Gasteiger partial charge in [0.1, 0.15) is 0 Å². The number of morpholine rings is 1. The molecule has 0 spiro atoms. The van der Waals surface area contributed by atoms with E-state index in [4.69, 9.17) is 9.84 Å². The predicted molar refractivity (Wildman–Crippen MR) is 97.0 cm³/mol. The monoisotopic (exact) mass is 353 g/mol. The quantitative estimate of drug-likeness (QED) is 0.626. The van der Waals surface area contributed by atoms with Crippen molar-refractivity contribution in [3.8, 4) is 0 Å². The van der Waals surface area contributed by atoms with E-state index in [1.165, 1.54) is 11.8 Å². The molecule has 1 N–H and O–H groups in total. The summed E-state index contributed by atoms with van der Waals surface area (Å²) in [5, 5.41) is 8.68. The minimum Gasteiger partial charge on any atom is -0.481 e. The van der Waals surface area contributed by atoms with Gasteiger partial charge in [-0.2, -0.15) is 0 Å². The fourth-order valence-corrected chi connectivity index (χ4v) is 3.09. The fraction of sp³-hybridized carbons (Fsp3) is 0.556. The predicted octanol–water partition coefficient (Wildman–Crippen LogP) is 3.18. The van der Waals surface area contributed by atoms with E-state index in [0.29, 0.717) is 18.8 Å². The molecule has 1 aromatic carbocycles. The highest BCUT2D eigenvalue weighted by atomic mass is 32.2. The van der Waals surface area contributed by atoms with Crippen molar-refractivity contribution in [2.24, 2.45) is 0 Å². The molecule has 134 valence electrons. The van der Waals surface area contributed by atoms with Crippen molar-refractivity contribution >= 4 is 23.5 Å². The van der Waals surface area contributed by atoms with Crippen LogP contribution in [0.5, 0.6) is 0 Å². The third-order valence-electron chi connectivity index (χ3n) is 3.84. The number of carbonyl (C=O) groups is 2. The number of thioether (sulfide) groups is 1. The van der Waals surface area contributed by atoms with Gasteiger partial charge in [0, 0.05) is 23.5 Å². The molecule has 2 rings (SSSR count). The Hall–Kier alpha value is -1.37. The summed E-state index contributed by atoms with van der Waals surface area (Å²) in [6, 6.07) is 7.15. The minimum absolute atomic E-state index is 0.0204. The maximum atomic E-state index is 12.8. The highest BCUT2D eigenvalue weighted by Crippen LogP contribution is 2.24. The number of Topliss-reactive ketones (excluding diaryl/α,β-unsaturated/α-hetero) is 1. The Bertz CT molecular complexity index is 536. The summed E-state index contributed by atoms with van der Waals surface area (Å²) in [4.78, 5) is 26.3. The smallest absolute Gasteiger partial charge is 0.313 e. The van der Waals surface area contributed by atoms with Crippen molar-refractivity contribution < 1.29 is 19.4 Å². The standard InChI is InChI=1S/C16H21NO4S.C2H6/c1-16(2,17-7-9-21-10-8-17)15(20)12-3-5-13(6-4-12)22-11-14(18)19;1-2/h3-6H,7-11H2,1-2H3,(H,18,19);1-2H3. The molecule has 1 aromatic rings. The van der Waals surface area contributed by atoms with Gasteiger partial charge in [0.15, 0.2) is 5.78 Å². The van der Waals surface area contributed by atoms with Crippen LogP contribution >= 0.6 is 11.8 Å². The first-order valence-corrected chi connectivity index (χ1v) is 9.22. The number of nitrogens with zero attached hydrogens (tertiary/aromatic N) is 1. The second kappa shape index (κ2) is 9.81. The lowest BCUT2D eigenvalue weighted by Gasteiger charge is -2.39. The van der Waals surface area contributed by atoms with Crippen LogP contribution in [0.25, 0.3) is 0 Å². The SMILES string of the molecule is CC.CC(C)(C(=O)c1ccc(SCC(=O)O)cc1)N1CCOCC1. The molecule has 0 saturated carbocycles. The topological polar surface area (TPSA) is 66.8 Å². The zero-order valence-electron chi connectivity index (χ0n) is 14.9. The molecule has 0 aliphatic carbocycles. The zero-order valence-corrected chi connectivity index (χ0v) is 15.7. The average molecular weight is 353 g/mol. The van der Waals surface area contributed by atoms with Crippen LogP contribution in [0.2, 0.25) is 0 Å². The number of benzene rings is 1. The van der Waals surface area contributed by atoms with Crippen LogP contribution in [0.1, 0.15) is 38.1 Å². The number of carboxylic acid groups (broad SMARTS) is 1. The number of rotatable bonds is 6. The summed E-state index contributed by atoms with van der Waals surface area (Å²) in [5.41, 5.74) is 0.0793. The summed E-state index contributed by atoms with van der Waals surface area (Å²) >= 11 is 1.25. The number of carboxylic acids is 1. The van der Waals surface area contributed by atoms with Gasteiger partial charge >= 0.3 is 5.97 Å². The molecule has 1 aliphatic heterocycles. The van der Waals surface area contributed by atoms with Crippen molar-refractivity contribution in [2.45, 2.75) is 38.1 Å². The molecule has 6 heteroatoms. The Morgan fingerprint density at radius 2 is 1.71 bits per heavy atom. The zero-order chi connectivity index (χ0) is 18.2. The summed E-state index contributed by atoms with van der Waals surface area (Å²) in [6.45, 7) is 10.7.